The summed E-state index contributed by atoms with van der Waals surface area (Å²) in [4.78, 5) is 27.2. The maximum Gasteiger partial charge on any atom is 0.219 e. The molecule has 3 heterocycles. The van der Waals surface area contributed by atoms with E-state index in [9.17, 15) is 9.18 Å². The van der Waals surface area contributed by atoms with Gasteiger partial charge >= 0.3 is 0 Å². The van der Waals surface area contributed by atoms with Gasteiger partial charge in [0.15, 0.2) is 0 Å². The van der Waals surface area contributed by atoms with Crippen molar-refractivity contribution in [3.05, 3.63) is 66.5 Å². The highest BCUT2D eigenvalue weighted by Crippen LogP contribution is 2.26. The van der Waals surface area contributed by atoms with Gasteiger partial charge in [0.2, 0.25) is 5.91 Å². The summed E-state index contributed by atoms with van der Waals surface area (Å²) in [5.41, 5.74) is 2.10. The second kappa shape index (κ2) is 8.96. The van der Waals surface area contributed by atoms with Crippen LogP contribution in [0.15, 0.2) is 54.9 Å². The SMILES string of the molecule is CC(=O)N1CCOCC(c2nc(Nc3cccc(F)c3)cc(-c3cccnc3)n2)C1. The Morgan fingerprint density at radius 3 is 2.90 bits per heavy atom. The van der Waals surface area contributed by atoms with Crippen molar-refractivity contribution in [2.24, 2.45) is 0 Å². The lowest BCUT2D eigenvalue weighted by Gasteiger charge is -2.22. The highest BCUT2D eigenvalue weighted by molar-refractivity contribution is 5.73. The Labute approximate surface area is 174 Å². The Kier molecular flexibility index (Phi) is 5.94. The minimum atomic E-state index is -0.337. The van der Waals surface area contributed by atoms with Crippen LogP contribution < -0.4 is 5.32 Å². The Bertz CT molecular complexity index is 1030. The Morgan fingerprint density at radius 2 is 2.13 bits per heavy atom. The van der Waals surface area contributed by atoms with E-state index >= 15 is 0 Å². The van der Waals surface area contributed by atoms with Crippen LogP contribution in [0.4, 0.5) is 15.9 Å². The summed E-state index contributed by atoms with van der Waals surface area (Å²) >= 11 is 0. The van der Waals surface area contributed by atoms with Gasteiger partial charge < -0.3 is 15.0 Å². The summed E-state index contributed by atoms with van der Waals surface area (Å²) in [7, 11) is 0. The number of amides is 1. The number of anilines is 2. The second-order valence-corrected chi connectivity index (χ2v) is 7.11. The molecule has 1 N–H and O–H groups in total. The Morgan fingerprint density at radius 1 is 1.23 bits per heavy atom. The van der Waals surface area contributed by atoms with E-state index in [-0.39, 0.29) is 17.6 Å². The monoisotopic (exact) mass is 407 g/mol. The fourth-order valence-electron chi connectivity index (χ4n) is 3.34. The summed E-state index contributed by atoms with van der Waals surface area (Å²) in [6.45, 7) is 3.46. The molecule has 4 rings (SSSR count). The summed E-state index contributed by atoms with van der Waals surface area (Å²) in [5.74, 6) is 0.565. The van der Waals surface area contributed by atoms with E-state index in [4.69, 9.17) is 9.72 Å². The molecule has 0 radical (unpaired) electrons. The number of hydrogen-bond donors (Lipinski definition) is 1. The number of rotatable bonds is 4. The van der Waals surface area contributed by atoms with Crippen LogP contribution in [-0.2, 0) is 9.53 Å². The third-order valence-electron chi connectivity index (χ3n) is 4.87. The predicted octanol–water partition coefficient (Wildman–Crippen LogP) is 3.38. The van der Waals surface area contributed by atoms with Crippen LogP contribution in [0.5, 0.6) is 0 Å². The van der Waals surface area contributed by atoms with Crippen molar-refractivity contribution >= 4 is 17.4 Å². The molecule has 1 saturated heterocycles. The molecule has 8 heteroatoms. The second-order valence-electron chi connectivity index (χ2n) is 7.11. The average Bonchev–Trinajstić information content (AvgIpc) is 3.01. The summed E-state index contributed by atoms with van der Waals surface area (Å²) in [6.07, 6.45) is 3.42. The number of benzene rings is 1. The normalized spacial score (nSPS) is 16.7. The quantitative estimate of drug-likeness (QED) is 0.714. The third kappa shape index (κ3) is 4.77. The van der Waals surface area contributed by atoms with E-state index < -0.39 is 0 Å². The van der Waals surface area contributed by atoms with Crippen molar-refractivity contribution in [1.82, 2.24) is 19.9 Å². The average molecular weight is 407 g/mol. The Balaban J connectivity index is 1.72. The number of carbonyl (C=O) groups excluding carboxylic acids is 1. The van der Waals surface area contributed by atoms with Crippen LogP contribution in [0.3, 0.4) is 0 Å². The van der Waals surface area contributed by atoms with Crippen LogP contribution >= 0.6 is 0 Å². The van der Waals surface area contributed by atoms with Crippen molar-refractivity contribution in [1.29, 1.82) is 0 Å². The van der Waals surface area contributed by atoms with Gasteiger partial charge in [0.1, 0.15) is 17.5 Å². The van der Waals surface area contributed by atoms with Crippen molar-refractivity contribution in [3.8, 4) is 11.3 Å². The molecule has 1 fully saturated rings. The molecule has 30 heavy (non-hydrogen) atoms. The van der Waals surface area contributed by atoms with Gasteiger partial charge in [-0.15, -0.1) is 0 Å². The predicted molar refractivity (Wildman–Crippen MR) is 111 cm³/mol. The fraction of sp³-hybridized carbons (Fsp3) is 0.273. The largest absolute Gasteiger partial charge is 0.379 e. The first kappa shape index (κ1) is 19.9. The molecule has 0 bridgehead atoms. The first-order valence-corrected chi connectivity index (χ1v) is 9.74. The number of nitrogens with zero attached hydrogens (tertiary/aromatic N) is 4. The van der Waals surface area contributed by atoms with Crippen LogP contribution in [0, 0.1) is 5.82 Å². The van der Waals surface area contributed by atoms with Crippen LogP contribution in [0.2, 0.25) is 0 Å². The lowest BCUT2D eigenvalue weighted by molar-refractivity contribution is -0.129. The van der Waals surface area contributed by atoms with Gasteiger partial charge in [-0.3, -0.25) is 9.78 Å². The number of hydrogen-bond acceptors (Lipinski definition) is 6. The number of pyridine rings is 1. The van der Waals surface area contributed by atoms with Gasteiger partial charge in [-0.2, -0.15) is 0 Å². The van der Waals surface area contributed by atoms with Crippen molar-refractivity contribution in [3.63, 3.8) is 0 Å². The molecule has 7 nitrogen and oxygen atoms in total. The molecule has 1 atom stereocenters. The highest BCUT2D eigenvalue weighted by atomic mass is 19.1. The van der Waals surface area contributed by atoms with E-state index in [1.54, 1.807) is 42.4 Å². The minimum absolute atomic E-state index is 0.00739. The van der Waals surface area contributed by atoms with Gasteiger partial charge in [-0.05, 0) is 30.3 Å². The first-order valence-electron chi connectivity index (χ1n) is 9.74. The minimum Gasteiger partial charge on any atom is -0.379 e. The lowest BCUT2D eigenvalue weighted by Crippen LogP contribution is -2.33. The van der Waals surface area contributed by atoms with E-state index in [1.165, 1.54) is 12.1 Å². The standard InChI is InChI=1S/C22H22FN5O2/c1-15(29)28-8-9-30-14-17(13-28)22-26-20(16-4-3-7-24-12-16)11-21(27-22)25-19-6-2-5-18(23)10-19/h2-7,10-12,17H,8-9,13-14H2,1H3,(H,25,26,27). The molecule has 1 aliphatic heterocycles. The third-order valence-corrected chi connectivity index (χ3v) is 4.87. The van der Waals surface area contributed by atoms with Gasteiger partial charge in [0.05, 0.1) is 24.8 Å². The number of halogens is 1. The molecule has 2 aromatic heterocycles. The van der Waals surface area contributed by atoms with E-state index in [0.29, 0.717) is 49.3 Å². The summed E-state index contributed by atoms with van der Waals surface area (Å²) in [5, 5.41) is 3.15. The molecule has 0 spiro atoms. The van der Waals surface area contributed by atoms with E-state index in [0.717, 1.165) is 5.56 Å². The zero-order chi connectivity index (χ0) is 20.9. The molecule has 1 aliphatic rings. The van der Waals surface area contributed by atoms with E-state index in [2.05, 4.69) is 15.3 Å². The van der Waals surface area contributed by atoms with Crippen molar-refractivity contribution in [2.75, 3.05) is 31.6 Å². The smallest absolute Gasteiger partial charge is 0.219 e. The van der Waals surface area contributed by atoms with Crippen LogP contribution in [-0.4, -0.2) is 52.1 Å². The molecule has 3 aromatic rings. The maximum absolute atomic E-state index is 13.6. The molecular formula is C22H22FN5O2. The van der Waals surface area contributed by atoms with Crippen molar-refractivity contribution < 1.29 is 13.9 Å². The zero-order valence-electron chi connectivity index (χ0n) is 16.6. The maximum atomic E-state index is 13.6. The first-order chi connectivity index (χ1) is 14.6. The molecule has 154 valence electrons. The number of aromatic nitrogens is 3. The molecular weight excluding hydrogens is 385 g/mol. The molecule has 1 amide bonds. The lowest BCUT2D eigenvalue weighted by atomic mass is 10.1. The number of nitrogens with one attached hydrogen (secondary N) is 1. The van der Waals surface area contributed by atoms with Gasteiger partial charge in [-0.25, -0.2) is 14.4 Å². The highest BCUT2D eigenvalue weighted by Gasteiger charge is 2.25. The number of ether oxygens (including phenoxy) is 1. The molecule has 0 saturated carbocycles. The van der Waals surface area contributed by atoms with Crippen LogP contribution in [0.1, 0.15) is 18.7 Å². The van der Waals surface area contributed by atoms with Gasteiger partial charge in [-0.1, -0.05) is 6.07 Å². The molecule has 0 aliphatic carbocycles. The van der Waals surface area contributed by atoms with Gasteiger partial charge in [0, 0.05) is 49.7 Å². The Hall–Kier alpha value is -3.39. The molecule has 1 unspecified atom stereocenters. The van der Waals surface area contributed by atoms with Crippen LogP contribution in [0.25, 0.3) is 11.3 Å². The van der Waals surface area contributed by atoms with Gasteiger partial charge in [0.25, 0.3) is 0 Å². The molecule has 1 aromatic carbocycles. The van der Waals surface area contributed by atoms with E-state index in [1.807, 2.05) is 12.1 Å². The topological polar surface area (TPSA) is 80.2 Å². The fourth-order valence-corrected chi connectivity index (χ4v) is 3.34. The number of carbonyl (C=O) groups is 1. The summed E-state index contributed by atoms with van der Waals surface area (Å²) in [6, 6.07) is 11.7. The zero-order valence-corrected chi connectivity index (χ0v) is 16.6. The van der Waals surface area contributed by atoms with Crippen molar-refractivity contribution in [2.45, 2.75) is 12.8 Å². The summed E-state index contributed by atoms with van der Waals surface area (Å²) < 4.78 is 19.3.